The fourth-order valence-electron chi connectivity index (χ4n) is 3.08. The molecule has 84 valence electrons. The fraction of sp³-hybridized carbons (Fsp3) is 1.00. The lowest BCUT2D eigenvalue weighted by atomic mass is 9.86. The van der Waals surface area contributed by atoms with Crippen molar-refractivity contribution in [2.45, 2.75) is 52.4 Å². The molecule has 1 aliphatic rings. The first-order chi connectivity index (χ1) is 6.77. The molecule has 0 aliphatic heterocycles. The van der Waals surface area contributed by atoms with Crippen LogP contribution in [0.15, 0.2) is 0 Å². The molecule has 1 saturated carbocycles. The molecular weight excluding hydrogens is 170 g/mol. The van der Waals surface area contributed by atoms with Crippen LogP contribution in [0.3, 0.4) is 0 Å². The van der Waals surface area contributed by atoms with Crippen molar-refractivity contribution in [1.29, 1.82) is 0 Å². The van der Waals surface area contributed by atoms with Crippen molar-refractivity contribution in [3.63, 3.8) is 0 Å². The lowest BCUT2D eigenvalue weighted by Crippen LogP contribution is -2.23. The van der Waals surface area contributed by atoms with Crippen molar-refractivity contribution in [2.75, 3.05) is 13.6 Å². The summed E-state index contributed by atoms with van der Waals surface area (Å²) in [5, 5.41) is 3.34. The molecule has 1 nitrogen and oxygen atoms in total. The molecule has 0 radical (unpaired) electrons. The van der Waals surface area contributed by atoms with Gasteiger partial charge in [0.25, 0.3) is 0 Å². The SMILES string of the molecule is CCCC(C)CC1CCCC1CNC. The predicted octanol–water partition coefficient (Wildman–Crippen LogP) is 3.45. The van der Waals surface area contributed by atoms with E-state index in [0.717, 1.165) is 17.8 Å². The van der Waals surface area contributed by atoms with E-state index in [2.05, 4.69) is 26.2 Å². The molecule has 0 spiro atoms. The van der Waals surface area contributed by atoms with Crippen LogP contribution in [0.25, 0.3) is 0 Å². The van der Waals surface area contributed by atoms with Crippen LogP contribution in [0.5, 0.6) is 0 Å². The van der Waals surface area contributed by atoms with Crippen LogP contribution in [0.2, 0.25) is 0 Å². The van der Waals surface area contributed by atoms with Crippen molar-refractivity contribution in [2.24, 2.45) is 17.8 Å². The summed E-state index contributed by atoms with van der Waals surface area (Å²) in [6.07, 6.45) is 8.66. The van der Waals surface area contributed by atoms with Gasteiger partial charge in [0.2, 0.25) is 0 Å². The van der Waals surface area contributed by atoms with Gasteiger partial charge in [-0.3, -0.25) is 0 Å². The van der Waals surface area contributed by atoms with Gasteiger partial charge in [-0.05, 0) is 44.2 Å². The second kappa shape index (κ2) is 6.44. The smallest absolute Gasteiger partial charge is 0.00209 e. The lowest BCUT2D eigenvalue weighted by molar-refractivity contribution is 0.299. The van der Waals surface area contributed by atoms with Gasteiger partial charge in [-0.15, -0.1) is 0 Å². The maximum absolute atomic E-state index is 3.34. The summed E-state index contributed by atoms with van der Waals surface area (Å²) >= 11 is 0. The summed E-state index contributed by atoms with van der Waals surface area (Å²) in [6, 6.07) is 0. The Morgan fingerprint density at radius 2 is 2.00 bits per heavy atom. The molecule has 1 heteroatoms. The van der Waals surface area contributed by atoms with Crippen LogP contribution in [-0.2, 0) is 0 Å². The molecule has 3 atom stereocenters. The Bertz CT molecular complexity index is 144. The molecule has 1 N–H and O–H groups in total. The highest BCUT2D eigenvalue weighted by molar-refractivity contribution is 4.79. The Hall–Kier alpha value is -0.0400. The molecule has 1 fully saturated rings. The third kappa shape index (κ3) is 3.61. The second-order valence-electron chi connectivity index (χ2n) is 5.14. The van der Waals surface area contributed by atoms with Crippen LogP contribution < -0.4 is 5.32 Å². The molecule has 14 heavy (non-hydrogen) atoms. The van der Waals surface area contributed by atoms with Gasteiger partial charge in [0.15, 0.2) is 0 Å². The first kappa shape index (κ1) is 12.0. The summed E-state index contributed by atoms with van der Waals surface area (Å²) < 4.78 is 0. The van der Waals surface area contributed by atoms with Gasteiger partial charge in [0, 0.05) is 0 Å². The number of rotatable bonds is 6. The molecular formula is C13H27N. The molecule has 1 aliphatic carbocycles. The van der Waals surface area contributed by atoms with Crippen molar-refractivity contribution < 1.29 is 0 Å². The van der Waals surface area contributed by atoms with E-state index in [0.29, 0.717) is 0 Å². The molecule has 0 amide bonds. The molecule has 0 aromatic heterocycles. The van der Waals surface area contributed by atoms with E-state index in [1.165, 1.54) is 45.1 Å². The van der Waals surface area contributed by atoms with Crippen LogP contribution in [0, 0.1) is 17.8 Å². The number of nitrogens with one attached hydrogen (secondary N) is 1. The molecule has 0 saturated heterocycles. The van der Waals surface area contributed by atoms with Crippen LogP contribution in [-0.4, -0.2) is 13.6 Å². The average Bonchev–Trinajstić information content (AvgIpc) is 2.54. The molecule has 0 aromatic rings. The van der Waals surface area contributed by atoms with Gasteiger partial charge < -0.3 is 5.32 Å². The van der Waals surface area contributed by atoms with Crippen LogP contribution in [0.4, 0.5) is 0 Å². The first-order valence-corrected chi connectivity index (χ1v) is 6.42. The third-order valence-electron chi connectivity index (χ3n) is 3.77. The minimum Gasteiger partial charge on any atom is -0.319 e. The van der Waals surface area contributed by atoms with Gasteiger partial charge in [0.1, 0.15) is 0 Å². The summed E-state index contributed by atoms with van der Waals surface area (Å²) in [5.74, 6) is 2.94. The fourth-order valence-corrected chi connectivity index (χ4v) is 3.08. The minimum absolute atomic E-state index is 0.947. The Labute approximate surface area is 89.7 Å². The molecule has 1 rings (SSSR count). The Kier molecular flexibility index (Phi) is 5.54. The summed E-state index contributed by atoms with van der Waals surface area (Å²) in [6.45, 7) is 5.97. The monoisotopic (exact) mass is 197 g/mol. The van der Waals surface area contributed by atoms with Gasteiger partial charge in [-0.25, -0.2) is 0 Å². The largest absolute Gasteiger partial charge is 0.319 e. The minimum atomic E-state index is 0.947. The molecule has 0 aromatic carbocycles. The Morgan fingerprint density at radius 3 is 2.64 bits per heavy atom. The Morgan fingerprint density at radius 1 is 1.29 bits per heavy atom. The van der Waals surface area contributed by atoms with E-state index in [-0.39, 0.29) is 0 Å². The van der Waals surface area contributed by atoms with Gasteiger partial charge in [-0.1, -0.05) is 39.5 Å². The standard InChI is InChI=1S/C13H27N/c1-4-6-11(2)9-12-7-5-8-13(12)10-14-3/h11-14H,4-10H2,1-3H3. The van der Waals surface area contributed by atoms with E-state index in [1.54, 1.807) is 0 Å². The maximum atomic E-state index is 3.34. The maximum Gasteiger partial charge on any atom is -0.00209 e. The number of hydrogen-bond donors (Lipinski definition) is 1. The number of hydrogen-bond acceptors (Lipinski definition) is 1. The van der Waals surface area contributed by atoms with Crippen LogP contribution in [0.1, 0.15) is 52.4 Å². The van der Waals surface area contributed by atoms with Crippen molar-refractivity contribution >= 4 is 0 Å². The quantitative estimate of drug-likeness (QED) is 0.687. The molecule has 0 bridgehead atoms. The van der Waals surface area contributed by atoms with Crippen LogP contribution >= 0.6 is 0 Å². The van der Waals surface area contributed by atoms with Crippen molar-refractivity contribution in [1.82, 2.24) is 5.32 Å². The van der Waals surface area contributed by atoms with E-state index in [1.807, 2.05) is 0 Å². The van der Waals surface area contributed by atoms with Gasteiger partial charge >= 0.3 is 0 Å². The highest BCUT2D eigenvalue weighted by Crippen LogP contribution is 2.36. The van der Waals surface area contributed by atoms with Gasteiger partial charge in [-0.2, -0.15) is 0 Å². The topological polar surface area (TPSA) is 12.0 Å². The zero-order valence-corrected chi connectivity index (χ0v) is 10.2. The lowest BCUT2D eigenvalue weighted by Gasteiger charge is -2.22. The predicted molar refractivity (Wildman–Crippen MR) is 63.4 cm³/mol. The second-order valence-corrected chi connectivity index (χ2v) is 5.14. The van der Waals surface area contributed by atoms with E-state index in [9.17, 15) is 0 Å². The normalized spacial score (nSPS) is 29.4. The third-order valence-corrected chi connectivity index (χ3v) is 3.77. The summed E-state index contributed by atoms with van der Waals surface area (Å²) in [7, 11) is 2.09. The van der Waals surface area contributed by atoms with E-state index < -0.39 is 0 Å². The van der Waals surface area contributed by atoms with Crippen molar-refractivity contribution in [3.05, 3.63) is 0 Å². The molecule has 0 heterocycles. The zero-order valence-electron chi connectivity index (χ0n) is 10.2. The van der Waals surface area contributed by atoms with Gasteiger partial charge in [0.05, 0.1) is 0 Å². The summed E-state index contributed by atoms with van der Waals surface area (Å²) in [4.78, 5) is 0. The molecule has 3 unspecified atom stereocenters. The Balaban J connectivity index is 2.27. The highest BCUT2D eigenvalue weighted by atomic mass is 14.8. The van der Waals surface area contributed by atoms with E-state index in [4.69, 9.17) is 0 Å². The van der Waals surface area contributed by atoms with Crippen molar-refractivity contribution in [3.8, 4) is 0 Å². The first-order valence-electron chi connectivity index (χ1n) is 6.42. The summed E-state index contributed by atoms with van der Waals surface area (Å²) in [5.41, 5.74) is 0. The highest BCUT2D eigenvalue weighted by Gasteiger charge is 2.27. The van der Waals surface area contributed by atoms with E-state index >= 15 is 0 Å². The average molecular weight is 197 g/mol. The zero-order chi connectivity index (χ0) is 10.4.